The molecule has 0 saturated heterocycles. The van der Waals surface area contributed by atoms with Gasteiger partial charge in [-0.3, -0.25) is 0 Å². The third kappa shape index (κ3) is 0.903. The molecule has 2 aromatic rings. The molecule has 0 amide bonds. The summed E-state index contributed by atoms with van der Waals surface area (Å²) in [5.74, 6) is 0. The van der Waals surface area contributed by atoms with Crippen LogP contribution >= 0.6 is 0 Å². The molecule has 4 rings (SSSR count). The van der Waals surface area contributed by atoms with Crippen LogP contribution < -0.4 is 0 Å². The first-order valence-electron chi connectivity index (χ1n) is 5.90. The molecule has 0 aromatic heterocycles. The van der Waals surface area contributed by atoms with E-state index in [9.17, 15) is 0 Å². The van der Waals surface area contributed by atoms with Crippen molar-refractivity contribution in [3.63, 3.8) is 0 Å². The van der Waals surface area contributed by atoms with Crippen LogP contribution in [0, 0.1) is 0 Å². The Labute approximate surface area is 95.0 Å². The summed E-state index contributed by atoms with van der Waals surface area (Å²) in [6, 6.07) is 11.1. The summed E-state index contributed by atoms with van der Waals surface area (Å²) in [6.07, 6.45) is 1.14. The molecule has 1 heteroatoms. The van der Waals surface area contributed by atoms with Crippen molar-refractivity contribution in [3.05, 3.63) is 47.0 Å². The summed E-state index contributed by atoms with van der Waals surface area (Å²) in [5, 5.41) is 2.90. The fraction of sp³-hybridized carbons (Fsp3) is 0.333. The highest BCUT2D eigenvalue weighted by molar-refractivity contribution is 5.93. The van der Waals surface area contributed by atoms with Crippen molar-refractivity contribution in [2.75, 3.05) is 6.61 Å². The predicted octanol–water partition coefficient (Wildman–Crippen LogP) is 3.18. The van der Waals surface area contributed by atoms with Crippen LogP contribution in [0.5, 0.6) is 0 Å². The number of hydrogen-bond acceptors (Lipinski definition) is 1. The summed E-state index contributed by atoms with van der Waals surface area (Å²) in [4.78, 5) is 0. The summed E-state index contributed by atoms with van der Waals surface area (Å²) in [5.41, 5.74) is 4.68. The van der Waals surface area contributed by atoms with E-state index in [0.717, 1.165) is 19.6 Å². The van der Waals surface area contributed by atoms with Crippen molar-refractivity contribution < 1.29 is 4.74 Å². The largest absolute Gasteiger partial charge is 0.376 e. The van der Waals surface area contributed by atoms with E-state index in [4.69, 9.17) is 4.74 Å². The molecular formula is C15H14O. The fourth-order valence-electron chi connectivity index (χ4n) is 3.47. The lowest BCUT2D eigenvalue weighted by molar-refractivity contribution is 0.0607. The first-order chi connectivity index (χ1) is 7.78. The molecular weight excluding hydrogens is 196 g/mol. The van der Waals surface area contributed by atoms with Crippen LogP contribution in [0.2, 0.25) is 0 Å². The number of benzene rings is 2. The Hall–Kier alpha value is -1.34. The summed E-state index contributed by atoms with van der Waals surface area (Å²) in [6.45, 7) is 3.99. The highest BCUT2D eigenvalue weighted by Crippen LogP contribution is 2.46. The summed E-state index contributed by atoms with van der Waals surface area (Å²) < 4.78 is 5.74. The Morgan fingerprint density at radius 1 is 1.12 bits per heavy atom. The van der Waals surface area contributed by atoms with E-state index in [1.807, 2.05) is 0 Å². The topological polar surface area (TPSA) is 9.23 Å². The molecule has 80 valence electrons. The van der Waals surface area contributed by atoms with Crippen LogP contribution in [0.4, 0.5) is 0 Å². The van der Waals surface area contributed by atoms with E-state index in [1.165, 1.54) is 21.9 Å². The molecule has 0 N–H and O–H groups in total. The van der Waals surface area contributed by atoms with Crippen LogP contribution in [0.15, 0.2) is 30.3 Å². The Balaban J connectivity index is 2.21. The molecule has 1 aliphatic carbocycles. The van der Waals surface area contributed by atoms with Crippen molar-refractivity contribution in [2.24, 2.45) is 0 Å². The fourth-order valence-corrected chi connectivity index (χ4v) is 3.47. The van der Waals surface area contributed by atoms with Crippen molar-refractivity contribution >= 4 is 10.8 Å². The maximum atomic E-state index is 5.74. The second-order valence-corrected chi connectivity index (χ2v) is 5.35. The van der Waals surface area contributed by atoms with E-state index in [1.54, 1.807) is 5.56 Å². The lowest BCUT2D eigenvalue weighted by Gasteiger charge is -2.32. The van der Waals surface area contributed by atoms with E-state index >= 15 is 0 Å². The standard InChI is InChI=1S/C15H14O/c1-15-7-11-4-2-3-10-5-6-12(8-16-9-15)14(15)13(10)11/h2-6H,7-9H2,1H3. The molecule has 1 nitrogen and oxygen atoms in total. The predicted molar refractivity (Wildman–Crippen MR) is 64.7 cm³/mol. The second kappa shape index (κ2) is 2.67. The molecule has 1 aliphatic heterocycles. The number of hydrogen-bond donors (Lipinski definition) is 0. The molecule has 1 heterocycles. The lowest BCUT2D eigenvalue weighted by atomic mass is 9.80. The monoisotopic (exact) mass is 210 g/mol. The van der Waals surface area contributed by atoms with Crippen molar-refractivity contribution in [1.82, 2.24) is 0 Å². The van der Waals surface area contributed by atoms with Gasteiger partial charge in [-0.15, -0.1) is 0 Å². The Morgan fingerprint density at radius 3 is 3.00 bits per heavy atom. The quantitative estimate of drug-likeness (QED) is 0.649. The molecule has 0 spiro atoms. The van der Waals surface area contributed by atoms with Gasteiger partial charge in [0.2, 0.25) is 0 Å². The van der Waals surface area contributed by atoms with Gasteiger partial charge in [-0.25, -0.2) is 0 Å². The zero-order chi connectivity index (χ0) is 10.8. The summed E-state index contributed by atoms with van der Waals surface area (Å²) >= 11 is 0. The highest BCUT2D eigenvalue weighted by atomic mass is 16.5. The van der Waals surface area contributed by atoms with Crippen molar-refractivity contribution in [3.8, 4) is 0 Å². The van der Waals surface area contributed by atoms with Crippen LogP contribution in [-0.4, -0.2) is 6.61 Å². The molecule has 0 radical (unpaired) electrons. The average Bonchev–Trinajstić information content (AvgIpc) is 2.60. The van der Waals surface area contributed by atoms with Gasteiger partial charge in [-0.05, 0) is 33.9 Å². The van der Waals surface area contributed by atoms with Crippen LogP contribution in [0.1, 0.15) is 23.6 Å². The van der Waals surface area contributed by atoms with E-state index in [0.29, 0.717) is 0 Å². The Bertz CT molecular complexity index is 600. The molecule has 2 aromatic carbocycles. The van der Waals surface area contributed by atoms with Gasteiger partial charge in [-0.2, -0.15) is 0 Å². The van der Waals surface area contributed by atoms with Gasteiger partial charge in [0.25, 0.3) is 0 Å². The maximum Gasteiger partial charge on any atom is 0.0720 e. The van der Waals surface area contributed by atoms with E-state index < -0.39 is 0 Å². The summed E-state index contributed by atoms with van der Waals surface area (Å²) in [7, 11) is 0. The Morgan fingerprint density at radius 2 is 2.06 bits per heavy atom. The van der Waals surface area contributed by atoms with Gasteiger partial charge >= 0.3 is 0 Å². The minimum Gasteiger partial charge on any atom is -0.376 e. The first-order valence-corrected chi connectivity index (χ1v) is 5.90. The van der Waals surface area contributed by atoms with Crippen molar-refractivity contribution in [2.45, 2.75) is 25.4 Å². The molecule has 0 fully saturated rings. The van der Waals surface area contributed by atoms with Gasteiger partial charge in [0.1, 0.15) is 0 Å². The van der Waals surface area contributed by atoms with Gasteiger partial charge in [0.15, 0.2) is 0 Å². The zero-order valence-electron chi connectivity index (χ0n) is 9.42. The SMILES string of the molecule is CC12COCc3ccc4cccc(c4c31)C2. The molecule has 0 bridgehead atoms. The van der Waals surface area contributed by atoms with Crippen LogP contribution in [-0.2, 0) is 23.2 Å². The minimum atomic E-state index is 0.219. The number of rotatable bonds is 0. The zero-order valence-corrected chi connectivity index (χ0v) is 9.42. The minimum absolute atomic E-state index is 0.219. The lowest BCUT2D eigenvalue weighted by Crippen LogP contribution is -2.32. The van der Waals surface area contributed by atoms with Crippen LogP contribution in [0.25, 0.3) is 10.8 Å². The normalized spacial score (nSPS) is 26.3. The van der Waals surface area contributed by atoms with Gasteiger partial charge in [-0.1, -0.05) is 37.3 Å². The van der Waals surface area contributed by atoms with Crippen LogP contribution in [0.3, 0.4) is 0 Å². The Kier molecular flexibility index (Phi) is 1.46. The average molecular weight is 210 g/mol. The molecule has 0 saturated carbocycles. The third-order valence-electron chi connectivity index (χ3n) is 4.08. The smallest absolute Gasteiger partial charge is 0.0720 e. The molecule has 1 atom stereocenters. The molecule has 1 unspecified atom stereocenters. The van der Waals surface area contributed by atoms with E-state index in [-0.39, 0.29) is 5.41 Å². The van der Waals surface area contributed by atoms with Gasteiger partial charge in [0.05, 0.1) is 13.2 Å². The highest BCUT2D eigenvalue weighted by Gasteiger charge is 2.39. The van der Waals surface area contributed by atoms with Gasteiger partial charge < -0.3 is 4.74 Å². The molecule has 2 aliphatic rings. The first kappa shape index (κ1) is 8.77. The number of ether oxygens (including phenoxy) is 1. The van der Waals surface area contributed by atoms with Crippen molar-refractivity contribution in [1.29, 1.82) is 0 Å². The second-order valence-electron chi connectivity index (χ2n) is 5.35. The third-order valence-corrected chi connectivity index (χ3v) is 4.08. The van der Waals surface area contributed by atoms with E-state index in [2.05, 4.69) is 37.3 Å². The maximum absolute atomic E-state index is 5.74. The molecule has 16 heavy (non-hydrogen) atoms. The van der Waals surface area contributed by atoms with Gasteiger partial charge in [0, 0.05) is 5.41 Å².